The molecule has 0 radical (unpaired) electrons. The molecule has 1 aromatic carbocycles. The molecule has 0 unspecified atom stereocenters. The monoisotopic (exact) mass is 576 g/mol. The lowest BCUT2D eigenvalue weighted by molar-refractivity contribution is -0.129. The number of allylic oxidation sites excluding steroid dienone is 3. The standard InChI is InChI=1S/C30H43BrO4.C2H6/c1-19(2)7-13-24-27(33)26(25(32)14-10-22-8-11-23(31)12-9-22)29(35)30(28(24)34,17-15-20(3)4)18-16-21(5)6;1-2/h8-9,11-12,19-21,33-34H,7,10,13-18H2,1-6H3;1-2H3. The van der Waals surface area contributed by atoms with Crippen LogP contribution in [0.25, 0.3) is 0 Å². The second-order valence-electron chi connectivity index (χ2n) is 11.3. The molecular formula is C32H49BrO4. The quantitative estimate of drug-likeness (QED) is 0.229. The second kappa shape index (κ2) is 15.5. The molecular weight excluding hydrogens is 528 g/mol. The van der Waals surface area contributed by atoms with E-state index in [-0.39, 0.29) is 29.3 Å². The minimum absolute atomic E-state index is 0.00795. The van der Waals surface area contributed by atoms with Gasteiger partial charge in [0.15, 0.2) is 11.6 Å². The van der Waals surface area contributed by atoms with E-state index in [9.17, 15) is 19.8 Å². The summed E-state index contributed by atoms with van der Waals surface area (Å²) in [6.45, 7) is 16.6. The Labute approximate surface area is 233 Å². The Morgan fingerprint density at radius 2 is 1.32 bits per heavy atom. The Balaban J connectivity index is 0.00000334. The Hall–Kier alpha value is -1.88. The van der Waals surface area contributed by atoms with Crippen LogP contribution in [0, 0.1) is 23.2 Å². The fraction of sp³-hybridized carbons (Fsp3) is 0.625. The van der Waals surface area contributed by atoms with E-state index in [0.717, 1.165) is 29.3 Å². The van der Waals surface area contributed by atoms with Crippen LogP contribution >= 0.6 is 15.9 Å². The molecule has 0 aliphatic heterocycles. The van der Waals surface area contributed by atoms with Crippen LogP contribution in [0.5, 0.6) is 0 Å². The highest BCUT2D eigenvalue weighted by Crippen LogP contribution is 2.48. The smallest absolute Gasteiger partial charge is 0.183 e. The number of hydrogen-bond donors (Lipinski definition) is 2. The van der Waals surface area contributed by atoms with Gasteiger partial charge in [-0.15, -0.1) is 0 Å². The van der Waals surface area contributed by atoms with Gasteiger partial charge in [0.05, 0.1) is 5.41 Å². The normalized spacial score (nSPS) is 15.5. The Kier molecular flexibility index (Phi) is 13.9. The first kappa shape index (κ1) is 33.1. The molecule has 0 bridgehead atoms. The van der Waals surface area contributed by atoms with Gasteiger partial charge in [-0.2, -0.15) is 0 Å². The van der Waals surface area contributed by atoms with Gasteiger partial charge in [-0.05, 0) is 80.4 Å². The topological polar surface area (TPSA) is 74.6 Å². The van der Waals surface area contributed by atoms with Crippen molar-refractivity contribution in [3.8, 4) is 0 Å². The lowest BCUT2D eigenvalue weighted by Gasteiger charge is -2.38. The van der Waals surface area contributed by atoms with E-state index in [1.54, 1.807) is 0 Å². The average molecular weight is 578 g/mol. The number of aryl methyl sites for hydroxylation is 1. The van der Waals surface area contributed by atoms with Crippen LogP contribution < -0.4 is 0 Å². The van der Waals surface area contributed by atoms with Gasteiger partial charge >= 0.3 is 0 Å². The minimum Gasteiger partial charge on any atom is -0.511 e. The minimum atomic E-state index is -1.14. The van der Waals surface area contributed by atoms with Crippen molar-refractivity contribution in [2.45, 2.75) is 107 Å². The number of aliphatic hydroxyl groups is 2. The highest BCUT2D eigenvalue weighted by atomic mass is 79.9. The number of ketones is 2. The summed E-state index contributed by atoms with van der Waals surface area (Å²) in [5.41, 5.74) is 0.133. The third kappa shape index (κ3) is 9.12. The summed E-state index contributed by atoms with van der Waals surface area (Å²) in [6, 6.07) is 7.75. The van der Waals surface area contributed by atoms with E-state index in [4.69, 9.17) is 0 Å². The zero-order chi connectivity index (χ0) is 28.3. The molecule has 0 saturated heterocycles. The fourth-order valence-corrected chi connectivity index (χ4v) is 4.89. The molecule has 0 spiro atoms. The van der Waals surface area contributed by atoms with Crippen molar-refractivity contribution < 1.29 is 19.8 Å². The molecule has 37 heavy (non-hydrogen) atoms. The number of aliphatic hydroxyl groups excluding tert-OH is 2. The Morgan fingerprint density at radius 1 is 0.838 bits per heavy atom. The first-order valence-electron chi connectivity index (χ1n) is 14.1. The maximum Gasteiger partial charge on any atom is 0.183 e. The lowest BCUT2D eigenvalue weighted by atomic mass is 9.64. The van der Waals surface area contributed by atoms with Crippen molar-refractivity contribution in [2.24, 2.45) is 23.2 Å². The molecule has 0 atom stereocenters. The number of carbonyl (C=O) groups is 2. The van der Waals surface area contributed by atoms with Crippen LogP contribution in [0.15, 0.2) is 51.4 Å². The van der Waals surface area contributed by atoms with Crippen LogP contribution in [0.4, 0.5) is 0 Å². The highest BCUT2D eigenvalue weighted by molar-refractivity contribution is 9.10. The molecule has 0 saturated carbocycles. The van der Waals surface area contributed by atoms with Gasteiger partial charge in [-0.1, -0.05) is 83.5 Å². The zero-order valence-corrected chi connectivity index (χ0v) is 25.9. The van der Waals surface area contributed by atoms with E-state index >= 15 is 0 Å². The number of halogens is 1. The summed E-state index contributed by atoms with van der Waals surface area (Å²) in [5, 5.41) is 22.7. The maximum absolute atomic E-state index is 14.0. The van der Waals surface area contributed by atoms with Crippen LogP contribution in [0.2, 0.25) is 0 Å². The number of rotatable bonds is 13. The zero-order valence-electron chi connectivity index (χ0n) is 24.3. The number of Topliss-reactive ketones (excluding diaryl/α,β-unsaturated/α-hetero) is 2. The molecule has 208 valence electrons. The van der Waals surface area contributed by atoms with Crippen LogP contribution in [0.1, 0.15) is 106 Å². The first-order valence-corrected chi connectivity index (χ1v) is 14.9. The van der Waals surface area contributed by atoms with Gasteiger partial charge in [-0.25, -0.2) is 0 Å². The van der Waals surface area contributed by atoms with Crippen LogP contribution in [-0.4, -0.2) is 21.8 Å². The van der Waals surface area contributed by atoms with E-state index < -0.39 is 11.2 Å². The molecule has 0 heterocycles. The van der Waals surface area contributed by atoms with Crippen molar-refractivity contribution in [1.82, 2.24) is 0 Å². The number of hydrogen-bond acceptors (Lipinski definition) is 4. The van der Waals surface area contributed by atoms with Gasteiger partial charge in [0, 0.05) is 16.5 Å². The van der Waals surface area contributed by atoms with Gasteiger partial charge in [0.1, 0.15) is 17.1 Å². The lowest BCUT2D eigenvalue weighted by Crippen LogP contribution is -2.41. The fourth-order valence-electron chi connectivity index (χ4n) is 4.63. The van der Waals surface area contributed by atoms with Crippen molar-refractivity contribution in [1.29, 1.82) is 0 Å². The second-order valence-corrected chi connectivity index (χ2v) is 12.2. The maximum atomic E-state index is 14.0. The first-order chi connectivity index (χ1) is 17.4. The predicted molar refractivity (Wildman–Crippen MR) is 158 cm³/mol. The van der Waals surface area contributed by atoms with Crippen LogP contribution in [0.3, 0.4) is 0 Å². The van der Waals surface area contributed by atoms with E-state index in [0.29, 0.717) is 49.0 Å². The number of benzene rings is 1. The average Bonchev–Trinajstić information content (AvgIpc) is 2.84. The molecule has 5 heteroatoms. The predicted octanol–water partition coefficient (Wildman–Crippen LogP) is 9.48. The van der Waals surface area contributed by atoms with Gasteiger partial charge < -0.3 is 10.2 Å². The van der Waals surface area contributed by atoms with E-state index in [1.807, 2.05) is 38.1 Å². The Morgan fingerprint density at radius 3 is 1.78 bits per heavy atom. The van der Waals surface area contributed by atoms with Gasteiger partial charge in [-0.3, -0.25) is 9.59 Å². The summed E-state index contributed by atoms with van der Waals surface area (Å²) in [5.74, 6) is -0.00201. The third-order valence-electron chi connectivity index (χ3n) is 7.02. The molecule has 1 aliphatic rings. The molecule has 1 aromatic rings. The number of carbonyl (C=O) groups excluding carboxylic acids is 2. The van der Waals surface area contributed by atoms with Crippen molar-refractivity contribution in [2.75, 3.05) is 0 Å². The molecule has 0 fully saturated rings. The summed E-state index contributed by atoms with van der Waals surface area (Å²) < 4.78 is 0.964. The SMILES string of the molecule is CC.CC(C)CCC1=C(O)C(CCC(C)C)(CCC(C)C)C(=O)C(C(=O)CCc2ccc(Br)cc2)=C1O. The molecule has 2 rings (SSSR count). The molecule has 0 amide bonds. The third-order valence-corrected chi connectivity index (χ3v) is 7.55. The molecule has 2 N–H and O–H groups in total. The van der Waals surface area contributed by atoms with Crippen molar-refractivity contribution in [3.05, 3.63) is 57.0 Å². The summed E-state index contributed by atoms with van der Waals surface area (Å²) >= 11 is 3.42. The van der Waals surface area contributed by atoms with Crippen molar-refractivity contribution in [3.63, 3.8) is 0 Å². The van der Waals surface area contributed by atoms with Crippen LogP contribution in [-0.2, 0) is 16.0 Å². The van der Waals surface area contributed by atoms with Gasteiger partial charge in [0.25, 0.3) is 0 Å². The van der Waals surface area contributed by atoms with Crippen molar-refractivity contribution >= 4 is 27.5 Å². The summed E-state index contributed by atoms with van der Waals surface area (Å²) in [7, 11) is 0. The van der Waals surface area contributed by atoms with E-state index in [2.05, 4.69) is 57.5 Å². The highest BCUT2D eigenvalue weighted by Gasteiger charge is 2.50. The summed E-state index contributed by atoms with van der Waals surface area (Å²) in [4.78, 5) is 27.5. The largest absolute Gasteiger partial charge is 0.511 e. The molecule has 1 aliphatic carbocycles. The van der Waals surface area contributed by atoms with Gasteiger partial charge in [0.2, 0.25) is 0 Å². The summed E-state index contributed by atoms with van der Waals surface area (Å²) in [6.07, 6.45) is 4.28. The Bertz CT molecular complexity index is 940. The van der Waals surface area contributed by atoms with E-state index in [1.165, 1.54) is 0 Å². The molecule has 4 nitrogen and oxygen atoms in total. The molecule has 0 aromatic heterocycles.